The minimum Gasteiger partial charge on any atom is -0.486 e. The zero-order valence-electron chi connectivity index (χ0n) is 15.3. The molecule has 1 aliphatic carbocycles. The fourth-order valence-electron chi connectivity index (χ4n) is 3.43. The minimum absolute atomic E-state index is 0.0432. The molecule has 0 saturated heterocycles. The molecule has 2 aliphatic rings. The van der Waals surface area contributed by atoms with Crippen molar-refractivity contribution in [1.82, 2.24) is 9.55 Å². The van der Waals surface area contributed by atoms with Gasteiger partial charge in [0.15, 0.2) is 16.7 Å². The van der Waals surface area contributed by atoms with Crippen molar-refractivity contribution in [3.8, 4) is 11.5 Å². The Bertz CT molecular complexity index is 1100. The Morgan fingerprint density at radius 1 is 1.32 bits per heavy atom. The largest absolute Gasteiger partial charge is 0.486 e. The highest BCUT2D eigenvalue weighted by Gasteiger charge is 2.29. The maximum absolute atomic E-state index is 13.2. The van der Waals surface area contributed by atoms with Gasteiger partial charge in [-0.2, -0.15) is 0 Å². The number of rotatable bonds is 6. The van der Waals surface area contributed by atoms with E-state index < -0.39 is 0 Å². The number of hydrogen-bond acceptors (Lipinski definition) is 6. The summed E-state index contributed by atoms with van der Waals surface area (Å²) in [5.74, 6) is 2.73. The van der Waals surface area contributed by atoms with Crippen LogP contribution in [0.4, 0.5) is 0 Å². The molecule has 1 saturated carbocycles. The second-order valence-electron chi connectivity index (χ2n) is 7.05. The lowest BCUT2D eigenvalue weighted by molar-refractivity contribution is 0.107. The first-order valence-electron chi connectivity index (χ1n) is 9.38. The molecule has 7 heteroatoms. The summed E-state index contributed by atoms with van der Waals surface area (Å²) in [6.07, 6.45) is 4.00. The zero-order chi connectivity index (χ0) is 19.1. The Labute approximate surface area is 171 Å². The average molecular weight is 413 g/mol. The van der Waals surface area contributed by atoms with E-state index in [9.17, 15) is 4.79 Å². The third-order valence-electron chi connectivity index (χ3n) is 4.98. The maximum atomic E-state index is 13.2. The predicted octanol–water partition coefficient (Wildman–Crippen LogP) is 4.45. The van der Waals surface area contributed by atoms with Crippen molar-refractivity contribution < 1.29 is 9.47 Å². The Morgan fingerprint density at radius 3 is 2.93 bits per heavy atom. The maximum Gasteiger partial charge on any atom is 0.263 e. The Morgan fingerprint density at radius 2 is 2.14 bits per heavy atom. The first kappa shape index (κ1) is 17.8. The Balaban J connectivity index is 1.42. The summed E-state index contributed by atoms with van der Waals surface area (Å²) in [6, 6.07) is 7.68. The molecule has 0 spiro atoms. The van der Waals surface area contributed by atoms with Crippen LogP contribution in [0.3, 0.4) is 0 Å². The number of nitrogens with zero attached hydrogens (tertiary/aromatic N) is 2. The lowest BCUT2D eigenvalue weighted by Crippen LogP contribution is -2.31. The molecule has 28 heavy (non-hydrogen) atoms. The first-order chi connectivity index (χ1) is 13.7. The van der Waals surface area contributed by atoms with Crippen LogP contribution in [0.15, 0.2) is 52.3 Å². The van der Waals surface area contributed by atoms with Crippen LogP contribution in [0, 0.1) is 0 Å². The summed E-state index contributed by atoms with van der Waals surface area (Å²) < 4.78 is 13.6. The van der Waals surface area contributed by atoms with E-state index in [1.165, 1.54) is 30.2 Å². The van der Waals surface area contributed by atoms with Gasteiger partial charge in [0.2, 0.25) is 0 Å². The van der Waals surface area contributed by atoms with E-state index in [-0.39, 0.29) is 11.7 Å². The van der Waals surface area contributed by atoms with E-state index in [2.05, 4.69) is 12.0 Å². The van der Waals surface area contributed by atoms with Gasteiger partial charge >= 0.3 is 0 Å². The normalized spacial score (nSPS) is 18.4. The van der Waals surface area contributed by atoms with Crippen LogP contribution < -0.4 is 15.0 Å². The molecule has 144 valence electrons. The van der Waals surface area contributed by atoms with Crippen LogP contribution >= 0.6 is 23.1 Å². The molecular formula is C21H20N2O3S2. The van der Waals surface area contributed by atoms with Crippen LogP contribution in [0.25, 0.3) is 10.2 Å². The molecule has 2 aromatic heterocycles. The standard InChI is InChI=1S/C21H20N2O3S2/c1-2-9-23-20(24)18-15(13-7-8-13)12-27-19(18)22-21(23)28-11-14-10-25-16-5-3-4-6-17(16)26-14/h2-6,12-14H,1,7-11H2. The molecule has 1 fully saturated rings. The lowest BCUT2D eigenvalue weighted by Gasteiger charge is -2.26. The fraction of sp³-hybridized carbons (Fsp3) is 0.333. The van der Waals surface area contributed by atoms with Crippen LogP contribution in [0.5, 0.6) is 11.5 Å². The van der Waals surface area contributed by atoms with E-state index >= 15 is 0 Å². The number of allylic oxidation sites excluding steroid dienone is 1. The van der Waals surface area contributed by atoms with E-state index in [0.29, 0.717) is 30.0 Å². The van der Waals surface area contributed by atoms with Crippen molar-refractivity contribution in [1.29, 1.82) is 0 Å². The topological polar surface area (TPSA) is 53.4 Å². The first-order valence-corrected chi connectivity index (χ1v) is 11.2. The van der Waals surface area contributed by atoms with Crippen LogP contribution in [-0.4, -0.2) is 28.0 Å². The predicted molar refractivity (Wildman–Crippen MR) is 113 cm³/mol. The molecule has 3 heterocycles. The molecule has 1 unspecified atom stereocenters. The molecule has 0 amide bonds. The molecule has 1 aliphatic heterocycles. The number of thiophene rings is 1. The van der Waals surface area contributed by atoms with Gasteiger partial charge in [-0.25, -0.2) is 4.98 Å². The van der Waals surface area contributed by atoms with Gasteiger partial charge in [-0.05, 0) is 41.8 Å². The molecule has 5 rings (SSSR count). The molecule has 1 aromatic carbocycles. The number of fused-ring (bicyclic) bond motifs is 2. The quantitative estimate of drug-likeness (QED) is 0.340. The van der Waals surface area contributed by atoms with Gasteiger partial charge in [-0.15, -0.1) is 17.9 Å². The van der Waals surface area contributed by atoms with Gasteiger partial charge in [0, 0.05) is 12.3 Å². The van der Waals surface area contributed by atoms with Gasteiger partial charge in [0.25, 0.3) is 5.56 Å². The smallest absolute Gasteiger partial charge is 0.263 e. The minimum atomic E-state index is -0.0879. The molecule has 0 N–H and O–H groups in total. The summed E-state index contributed by atoms with van der Waals surface area (Å²) in [6.45, 7) is 4.75. The van der Waals surface area contributed by atoms with E-state index in [1.54, 1.807) is 22.0 Å². The lowest BCUT2D eigenvalue weighted by atomic mass is 10.1. The second-order valence-corrected chi connectivity index (χ2v) is 8.90. The van der Waals surface area contributed by atoms with Crippen molar-refractivity contribution in [2.45, 2.75) is 36.6 Å². The van der Waals surface area contributed by atoms with Crippen LogP contribution in [-0.2, 0) is 6.54 Å². The van der Waals surface area contributed by atoms with Crippen molar-refractivity contribution in [3.05, 3.63) is 58.2 Å². The van der Waals surface area contributed by atoms with E-state index in [0.717, 1.165) is 21.7 Å². The number of hydrogen-bond donors (Lipinski definition) is 0. The molecule has 0 bridgehead atoms. The second kappa shape index (κ2) is 7.29. The van der Waals surface area contributed by atoms with Crippen molar-refractivity contribution in [3.63, 3.8) is 0 Å². The number of thioether (sulfide) groups is 1. The number of ether oxygens (including phenoxy) is 2. The van der Waals surface area contributed by atoms with Crippen molar-refractivity contribution >= 4 is 33.3 Å². The van der Waals surface area contributed by atoms with E-state index in [4.69, 9.17) is 14.5 Å². The zero-order valence-corrected chi connectivity index (χ0v) is 16.9. The van der Waals surface area contributed by atoms with Gasteiger partial charge in [0.1, 0.15) is 17.5 Å². The van der Waals surface area contributed by atoms with Crippen molar-refractivity contribution in [2.24, 2.45) is 0 Å². The van der Waals surface area contributed by atoms with Crippen LogP contribution in [0.2, 0.25) is 0 Å². The summed E-state index contributed by atoms with van der Waals surface area (Å²) in [5.41, 5.74) is 1.22. The van der Waals surface area contributed by atoms with E-state index in [1.807, 2.05) is 24.3 Å². The molecule has 5 nitrogen and oxygen atoms in total. The highest BCUT2D eigenvalue weighted by Crippen LogP contribution is 2.44. The Kier molecular flexibility index (Phi) is 4.64. The fourth-order valence-corrected chi connectivity index (χ4v) is 5.47. The number of aromatic nitrogens is 2. The summed E-state index contributed by atoms with van der Waals surface area (Å²) in [7, 11) is 0. The third-order valence-corrected chi connectivity index (χ3v) is 6.98. The number of para-hydroxylation sites is 2. The highest BCUT2D eigenvalue weighted by atomic mass is 32.2. The van der Waals surface area contributed by atoms with Gasteiger partial charge in [-0.1, -0.05) is 30.0 Å². The monoisotopic (exact) mass is 412 g/mol. The molecule has 0 radical (unpaired) electrons. The summed E-state index contributed by atoms with van der Waals surface area (Å²) in [5, 5.41) is 3.62. The number of benzene rings is 1. The molecule has 1 atom stereocenters. The summed E-state index contributed by atoms with van der Waals surface area (Å²) in [4.78, 5) is 18.8. The highest BCUT2D eigenvalue weighted by molar-refractivity contribution is 7.99. The van der Waals surface area contributed by atoms with Gasteiger partial charge < -0.3 is 9.47 Å². The molecular weight excluding hydrogens is 392 g/mol. The SMILES string of the molecule is C=CCn1c(SCC2COc3ccccc3O2)nc2scc(C3CC3)c2c1=O. The third kappa shape index (κ3) is 3.22. The Hall–Kier alpha value is -2.25. The summed E-state index contributed by atoms with van der Waals surface area (Å²) >= 11 is 3.11. The average Bonchev–Trinajstić information content (AvgIpc) is 3.48. The van der Waals surface area contributed by atoms with Crippen molar-refractivity contribution in [2.75, 3.05) is 12.4 Å². The van der Waals surface area contributed by atoms with Crippen LogP contribution in [0.1, 0.15) is 24.3 Å². The molecule has 3 aromatic rings. The van der Waals surface area contributed by atoms with Gasteiger partial charge in [-0.3, -0.25) is 9.36 Å². The van der Waals surface area contributed by atoms with Gasteiger partial charge in [0.05, 0.1) is 5.39 Å².